The van der Waals surface area contributed by atoms with E-state index in [0.717, 1.165) is 0 Å². The molecule has 0 radical (unpaired) electrons. The fourth-order valence-electron chi connectivity index (χ4n) is 1.47. The Morgan fingerprint density at radius 1 is 1.35 bits per heavy atom. The van der Waals surface area contributed by atoms with Crippen molar-refractivity contribution in [3.63, 3.8) is 0 Å². The van der Waals surface area contributed by atoms with Gasteiger partial charge in [0.2, 0.25) is 0 Å². The van der Waals surface area contributed by atoms with Crippen molar-refractivity contribution in [3.05, 3.63) is 23.8 Å². The molecule has 0 amide bonds. The second-order valence-corrected chi connectivity index (χ2v) is 3.89. The monoisotopic (exact) mass is 241 g/mol. The van der Waals surface area contributed by atoms with Gasteiger partial charge < -0.3 is 25.4 Å². The Morgan fingerprint density at radius 2 is 2.12 bits per heavy atom. The summed E-state index contributed by atoms with van der Waals surface area (Å²) in [5.41, 5.74) is 0.712. The molecule has 1 atom stereocenters. The molecule has 0 saturated heterocycles. The first-order valence-electron chi connectivity index (χ1n) is 5.52. The third-order valence-electron chi connectivity index (χ3n) is 2.40. The van der Waals surface area contributed by atoms with E-state index in [0.29, 0.717) is 31.7 Å². The average molecular weight is 241 g/mol. The molecule has 0 fully saturated rings. The lowest BCUT2D eigenvalue weighted by Crippen LogP contribution is -2.23. The number of benzene rings is 1. The Morgan fingerprint density at radius 3 is 2.76 bits per heavy atom. The third-order valence-corrected chi connectivity index (χ3v) is 2.40. The summed E-state index contributed by atoms with van der Waals surface area (Å²) in [4.78, 5) is 0. The van der Waals surface area contributed by atoms with Gasteiger partial charge in [-0.25, -0.2) is 0 Å². The molecule has 4 N–H and O–H groups in total. The molecule has 0 aliphatic carbocycles. The normalized spacial score (nSPS) is 12.6. The summed E-state index contributed by atoms with van der Waals surface area (Å²) in [5, 5.41) is 31.1. The molecule has 0 spiro atoms. The predicted octanol–water partition coefficient (Wildman–Crippen LogP) is 0.585. The van der Waals surface area contributed by atoms with E-state index >= 15 is 0 Å². The van der Waals surface area contributed by atoms with E-state index in [-0.39, 0.29) is 11.5 Å². The van der Waals surface area contributed by atoms with Crippen LogP contribution in [0.5, 0.6) is 11.5 Å². The minimum absolute atomic E-state index is 0.0433. The lowest BCUT2D eigenvalue weighted by atomic mass is 10.2. The fraction of sp³-hybridized carbons (Fsp3) is 0.500. The summed E-state index contributed by atoms with van der Waals surface area (Å²) in [7, 11) is 1.55. The van der Waals surface area contributed by atoms with Crippen molar-refractivity contribution in [3.8, 4) is 11.5 Å². The van der Waals surface area contributed by atoms with E-state index < -0.39 is 6.10 Å². The summed E-state index contributed by atoms with van der Waals surface area (Å²) in [6.45, 7) is 1.45. The van der Waals surface area contributed by atoms with Crippen LogP contribution in [0.4, 0.5) is 0 Å². The van der Waals surface area contributed by atoms with Crippen molar-refractivity contribution < 1.29 is 20.1 Å². The Bertz CT molecular complexity index is 343. The Hall–Kier alpha value is -1.30. The van der Waals surface area contributed by atoms with Crippen LogP contribution < -0.4 is 5.32 Å². The SMILES string of the molecule is COCC(O)CCNCc1ccc(O)cc1O. The van der Waals surface area contributed by atoms with E-state index in [9.17, 15) is 10.2 Å². The quantitative estimate of drug-likeness (QED) is 0.525. The maximum Gasteiger partial charge on any atom is 0.123 e. The minimum Gasteiger partial charge on any atom is -0.508 e. The molecule has 17 heavy (non-hydrogen) atoms. The van der Waals surface area contributed by atoms with Crippen LogP contribution in [0.2, 0.25) is 0 Å². The number of aromatic hydroxyl groups is 2. The summed E-state index contributed by atoms with van der Waals surface area (Å²) in [6.07, 6.45) is 0.119. The van der Waals surface area contributed by atoms with Gasteiger partial charge in [-0.1, -0.05) is 6.07 Å². The minimum atomic E-state index is -0.471. The van der Waals surface area contributed by atoms with E-state index in [2.05, 4.69) is 5.32 Å². The van der Waals surface area contributed by atoms with Crippen molar-refractivity contribution in [2.24, 2.45) is 0 Å². The summed E-state index contributed by atoms with van der Waals surface area (Å²) < 4.78 is 4.81. The standard InChI is InChI=1S/C12H19NO4/c1-17-8-11(15)4-5-13-7-9-2-3-10(14)6-12(9)16/h2-3,6,11,13-16H,4-5,7-8H2,1H3. The zero-order valence-corrected chi connectivity index (χ0v) is 9.89. The maximum atomic E-state index is 9.51. The highest BCUT2D eigenvalue weighted by molar-refractivity contribution is 5.38. The topological polar surface area (TPSA) is 82.0 Å². The van der Waals surface area contributed by atoms with Crippen molar-refractivity contribution in [2.45, 2.75) is 19.1 Å². The molecular formula is C12H19NO4. The largest absolute Gasteiger partial charge is 0.508 e. The van der Waals surface area contributed by atoms with Crippen LogP contribution >= 0.6 is 0 Å². The summed E-state index contributed by atoms with van der Waals surface area (Å²) in [5.74, 6) is 0.108. The van der Waals surface area contributed by atoms with Crippen LogP contribution in [0.25, 0.3) is 0 Å². The molecule has 1 aromatic carbocycles. The van der Waals surface area contributed by atoms with E-state index in [1.54, 1.807) is 13.2 Å². The summed E-state index contributed by atoms with van der Waals surface area (Å²) >= 11 is 0. The van der Waals surface area contributed by atoms with E-state index in [1.165, 1.54) is 12.1 Å². The first-order valence-corrected chi connectivity index (χ1v) is 5.52. The average Bonchev–Trinajstić information content (AvgIpc) is 2.27. The number of phenolic OH excluding ortho intramolecular Hbond substituents is 2. The molecule has 0 aromatic heterocycles. The smallest absolute Gasteiger partial charge is 0.123 e. The molecule has 96 valence electrons. The molecule has 0 heterocycles. The number of hydrogen-bond donors (Lipinski definition) is 4. The van der Waals surface area contributed by atoms with Crippen LogP contribution in [-0.2, 0) is 11.3 Å². The van der Waals surface area contributed by atoms with Crippen molar-refractivity contribution in [1.82, 2.24) is 5.32 Å². The highest BCUT2D eigenvalue weighted by Gasteiger charge is 2.04. The van der Waals surface area contributed by atoms with E-state index in [1.807, 2.05) is 0 Å². The van der Waals surface area contributed by atoms with Gasteiger partial charge in [0.1, 0.15) is 11.5 Å². The van der Waals surface area contributed by atoms with Crippen LogP contribution in [-0.4, -0.2) is 41.7 Å². The number of ether oxygens (including phenoxy) is 1. The second-order valence-electron chi connectivity index (χ2n) is 3.89. The third kappa shape index (κ3) is 5.04. The lowest BCUT2D eigenvalue weighted by Gasteiger charge is -2.10. The fourth-order valence-corrected chi connectivity index (χ4v) is 1.47. The molecule has 1 unspecified atom stereocenters. The van der Waals surface area contributed by atoms with Crippen LogP contribution in [0, 0.1) is 0 Å². The second kappa shape index (κ2) is 7.11. The van der Waals surface area contributed by atoms with Gasteiger partial charge >= 0.3 is 0 Å². The highest BCUT2D eigenvalue weighted by Crippen LogP contribution is 2.22. The van der Waals surface area contributed by atoms with Gasteiger partial charge in [-0.3, -0.25) is 0 Å². The number of aliphatic hydroxyl groups is 1. The molecule has 1 aromatic rings. The van der Waals surface area contributed by atoms with Gasteiger partial charge in [0.15, 0.2) is 0 Å². The number of methoxy groups -OCH3 is 1. The first-order chi connectivity index (χ1) is 8.13. The van der Waals surface area contributed by atoms with E-state index in [4.69, 9.17) is 9.84 Å². The first kappa shape index (κ1) is 13.8. The molecule has 0 aliphatic heterocycles. The van der Waals surface area contributed by atoms with Gasteiger partial charge in [-0.05, 0) is 19.0 Å². The van der Waals surface area contributed by atoms with Crippen LogP contribution in [0.15, 0.2) is 18.2 Å². The van der Waals surface area contributed by atoms with Crippen LogP contribution in [0.1, 0.15) is 12.0 Å². The van der Waals surface area contributed by atoms with Gasteiger partial charge in [0.05, 0.1) is 12.7 Å². The Labute approximate surface area is 101 Å². The molecule has 5 heteroatoms. The Kier molecular flexibility index (Phi) is 5.76. The van der Waals surface area contributed by atoms with Gasteiger partial charge in [0.25, 0.3) is 0 Å². The molecular weight excluding hydrogens is 222 g/mol. The molecule has 1 rings (SSSR count). The predicted molar refractivity (Wildman–Crippen MR) is 64.0 cm³/mol. The molecule has 5 nitrogen and oxygen atoms in total. The van der Waals surface area contributed by atoms with Crippen molar-refractivity contribution in [1.29, 1.82) is 0 Å². The number of nitrogens with one attached hydrogen (secondary N) is 1. The van der Waals surface area contributed by atoms with Crippen molar-refractivity contribution in [2.75, 3.05) is 20.3 Å². The molecule has 0 bridgehead atoms. The highest BCUT2D eigenvalue weighted by atomic mass is 16.5. The van der Waals surface area contributed by atoms with Gasteiger partial charge in [-0.15, -0.1) is 0 Å². The zero-order valence-electron chi connectivity index (χ0n) is 9.89. The zero-order chi connectivity index (χ0) is 12.7. The van der Waals surface area contributed by atoms with Crippen LogP contribution in [0.3, 0.4) is 0 Å². The molecule has 0 saturated carbocycles. The number of hydrogen-bond acceptors (Lipinski definition) is 5. The van der Waals surface area contributed by atoms with Crippen molar-refractivity contribution >= 4 is 0 Å². The summed E-state index contributed by atoms with van der Waals surface area (Å²) in [6, 6.07) is 4.48. The molecule has 0 aliphatic rings. The Balaban J connectivity index is 2.26. The maximum absolute atomic E-state index is 9.51. The van der Waals surface area contributed by atoms with Gasteiger partial charge in [-0.2, -0.15) is 0 Å². The number of aliphatic hydroxyl groups excluding tert-OH is 1. The van der Waals surface area contributed by atoms with Gasteiger partial charge in [0, 0.05) is 25.3 Å². The number of rotatable bonds is 7. The lowest BCUT2D eigenvalue weighted by molar-refractivity contribution is 0.0594. The number of phenols is 2.